The molecule has 0 spiro atoms. The van der Waals surface area contributed by atoms with Gasteiger partial charge in [-0.3, -0.25) is 0 Å². The molecule has 126 valence electrons. The molecule has 1 N–H and O–H groups in total. The van der Waals surface area contributed by atoms with Crippen molar-refractivity contribution in [1.29, 1.82) is 0 Å². The molecule has 1 aliphatic rings. The van der Waals surface area contributed by atoms with E-state index in [1.807, 2.05) is 6.92 Å². The maximum Gasteiger partial charge on any atom is 0.387 e. The van der Waals surface area contributed by atoms with E-state index in [2.05, 4.69) is 10.1 Å². The Bertz CT molecular complexity index is 616. The monoisotopic (exact) mass is 376 g/mol. The highest BCUT2D eigenvalue weighted by Crippen LogP contribution is 2.30. The zero-order chi connectivity index (χ0) is 15.6. The van der Waals surface area contributed by atoms with E-state index in [4.69, 9.17) is 11.6 Å². The number of alkyl halides is 2. The van der Waals surface area contributed by atoms with Crippen LogP contribution in [0.4, 0.5) is 8.78 Å². The lowest BCUT2D eigenvalue weighted by Gasteiger charge is -2.31. The van der Waals surface area contributed by atoms with Gasteiger partial charge in [0.05, 0.1) is 9.92 Å². The molecule has 0 unspecified atom stereocenters. The average molecular weight is 377 g/mol. The first kappa shape index (κ1) is 19.4. The minimum Gasteiger partial charge on any atom is -0.433 e. The fourth-order valence-electron chi connectivity index (χ4n) is 2.10. The predicted octanol–water partition coefficient (Wildman–Crippen LogP) is 2.35. The van der Waals surface area contributed by atoms with Gasteiger partial charge >= 0.3 is 6.61 Å². The van der Waals surface area contributed by atoms with Gasteiger partial charge in [-0.2, -0.15) is 13.1 Å². The van der Waals surface area contributed by atoms with Crippen molar-refractivity contribution in [3.05, 3.63) is 23.2 Å². The largest absolute Gasteiger partial charge is 0.433 e. The SMILES string of the molecule is C[C@@H]1CN(S(=O)(=O)c2ccc(OC(F)F)c(Cl)c2)CCN1.Cl. The maximum absolute atomic E-state index is 12.5. The fraction of sp³-hybridized carbons (Fsp3) is 0.500. The first-order valence-corrected chi connectivity index (χ1v) is 8.10. The Labute approximate surface area is 139 Å². The van der Waals surface area contributed by atoms with Gasteiger partial charge in [0, 0.05) is 25.7 Å². The normalized spacial score (nSPS) is 19.8. The number of rotatable bonds is 4. The zero-order valence-electron chi connectivity index (χ0n) is 11.6. The number of ether oxygens (including phenoxy) is 1. The lowest BCUT2D eigenvalue weighted by Crippen LogP contribution is -2.51. The third-order valence-electron chi connectivity index (χ3n) is 3.09. The van der Waals surface area contributed by atoms with Crippen LogP contribution in [0, 0.1) is 0 Å². The number of benzene rings is 1. The smallest absolute Gasteiger partial charge is 0.387 e. The summed E-state index contributed by atoms with van der Waals surface area (Å²) < 4.78 is 54.8. The van der Waals surface area contributed by atoms with E-state index in [1.54, 1.807) is 0 Å². The first-order valence-electron chi connectivity index (χ1n) is 6.28. The number of halogens is 4. The van der Waals surface area contributed by atoms with Crippen LogP contribution in [0.2, 0.25) is 5.02 Å². The van der Waals surface area contributed by atoms with Crippen LogP contribution in [0.5, 0.6) is 5.75 Å². The lowest BCUT2D eigenvalue weighted by molar-refractivity contribution is -0.0498. The van der Waals surface area contributed by atoms with E-state index in [9.17, 15) is 17.2 Å². The minimum atomic E-state index is -3.70. The second kappa shape index (κ2) is 7.74. The third-order valence-corrected chi connectivity index (χ3v) is 5.25. The van der Waals surface area contributed by atoms with Crippen LogP contribution >= 0.6 is 24.0 Å². The van der Waals surface area contributed by atoms with Crippen molar-refractivity contribution in [3.8, 4) is 5.75 Å². The van der Waals surface area contributed by atoms with Crippen LogP contribution < -0.4 is 10.1 Å². The Hall–Kier alpha value is -0.670. The first-order chi connectivity index (χ1) is 9.80. The molecule has 2 rings (SSSR count). The van der Waals surface area contributed by atoms with E-state index in [0.29, 0.717) is 19.6 Å². The Morgan fingerprint density at radius 3 is 2.68 bits per heavy atom. The van der Waals surface area contributed by atoms with Crippen LogP contribution in [0.15, 0.2) is 23.1 Å². The maximum atomic E-state index is 12.5. The molecule has 0 saturated carbocycles. The summed E-state index contributed by atoms with van der Waals surface area (Å²) in [5, 5.41) is 2.97. The van der Waals surface area contributed by atoms with E-state index >= 15 is 0 Å². The highest BCUT2D eigenvalue weighted by molar-refractivity contribution is 7.89. The molecule has 0 aromatic heterocycles. The van der Waals surface area contributed by atoms with Gasteiger partial charge in [-0.1, -0.05) is 11.6 Å². The van der Waals surface area contributed by atoms with Crippen molar-refractivity contribution >= 4 is 34.0 Å². The Morgan fingerprint density at radius 2 is 2.14 bits per heavy atom. The van der Waals surface area contributed by atoms with Gasteiger partial charge in [0.25, 0.3) is 0 Å². The summed E-state index contributed by atoms with van der Waals surface area (Å²) in [5.74, 6) is -0.251. The van der Waals surface area contributed by atoms with Crippen molar-refractivity contribution in [2.45, 2.75) is 24.5 Å². The summed E-state index contributed by atoms with van der Waals surface area (Å²) in [6.45, 7) is 0.114. The summed E-state index contributed by atoms with van der Waals surface area (Å²) in [6.07, 6.45) is 0. The molecule has 1 aromatic rings. The molecule has 10 heteroatoms. The second-order valence-electron chi connectivity index (χ2n) is 4.69. The van der Waals surface area contributed by atoms with Crippen LogP contribution in [-0.4, -0.2) is 45.0 Å². The van der Waals surface area contributed by atoms with Gasteiger partial charge in [-0.05, 0) is 25.1 Å². The molecule has 0 amide bonds. The highest BCUT2D eigenvalue weighted by atomic mass is 35.5. The van der Waals surface area contributed by atoms with Gasteiger partial charge < -0.3 is 10.1 Å². The fourth-order valence-corrected chi connectivity index (χ4v) is 3.94. The van der Waals surface area contributed by atoms with Gasteiger partial charge in [0.15, 0.2) is 0 Å². The van der Waals surface area contributed by atoms with Crippen LogP contribution in [-0.2, 0) is 10.0 Å². The summed E-state index contributed by atoms with van der Waals surface area (Å²) >= 11 is 5.79. The van der Waals surface area contributed by atoms with E-state index in [-0.39, 0.29) is 34.1 Å². The number of hydrogen-bond acceptors (Lipinski definition) is 4. The van der Waals surface area contributed by atoms with Crippen LogP contribution in [0.3, 0.4) is 0 Å². The number of piperazine rings is 1. The number of nitrogens with zero attached hydrogens (tertiary/aromatic N) is 1. The summed E-state index contributed by atoms with van der Waals surface area (Å²) in [6, 6.07) is 3.52. The van der Waals surface area contributed by atoms with E-state index in [0.717, 1.165) is 12.1 Å². The van der Waals surface area contributed by atoms with Crippen molar-refractivity contribution in [1.82, 2.24) is 9.62 Å². The summed E-state index contributed by atoms with van der Waals surface area (Å²) in [4.78, 5) is -0.0387. The standard InChI is InChI=1S/C12H15ClF2N2O3S.ClH/c1-8-7-17(5-4-16-8)21(18,19)9-2-3-11(10(13)6-9)20-12(14)15;/h2-3,6,8,12,16H,4-5,7H2,1H3;1H/t8-;/m1./s1. The molecule has 5 nitrogen and oxygen atoms in total. The third kappa shape index (κ3) is 4.42. The van der Waals surface area contributed by atoms with Crippen molar-refractivity contribution < 1.29 is 21.9 Å². The summed E-state index contributed by atoms with van der Waals surface area (Å²) in [7, 11) is -3.70. The number of hydrogen-bond donors (Lipinski definition) is 1. The zero-order valence-corrected chi connectivity index (χ0v) is 14.0. The van der Waals surface area contributed by atoms with Gasteiger partial charge in [0.1, 0.15) is 5.75 Å². The van der Waals surface area contributed by atoms with E-state index in [1.165, 1.54) is 10.4 Å². The number of nitrogens with one attached hydrogen (secondary N) is 1. The topological polar surface area (TPSA) is 58.6 Å². The predicted molar refractivity (Wildman–Crippen MR) is 81.6 cm³/mol. The number of sulfonamides is 1. The average Bonchev–Trinajstić information content (AvgIpc) is 2.40. The van der Waals surface area contributed by atoms with Gasteiger partial charge in [0.2, 0.25) is 10.0 Å². The lowest BCUT2D eigenvalue weighted by atomic mass is 10.3. The van der Waals surface area contributed by atoms with Crippen LogP contribution in [0.1, 0.15) is 6.92 Å². The Balaban J connectivity index is 0.00000242. The van der Waals surface area contributed by atoms with Crippen LogP contribution in [0.25, 0.3) is 0 Å². The molecule has 0 bridgehead atoms. The molecule has 1 saturated heterocycles. The molecule has 22 heavy (non-hydrogen) atoms. The second-order valence-corrected chi connectivity index (χ2v) is 7.03. The molecule has 1 fully saturated rings. The van der Waals surface area contributed by atoms with Gasteiger partial charge in [-0.25, -0.2) is 8.42 Å². The molecule has 1 heterocycles. The molecular weight excluding hydrogens is 361 g/mol. The molecule has 1 atom stereocenters. The highest BCUT2D eigenvalue weighted by Gasteiger charge is 2.29. The van der Waals surface area contributed by atoms with E-state index < -0.39 is 16.6 Å². The summed E-state index contributed by atoms with van der Waals surface area (Å²) in [5.41, 5.74) is 0. The minimum absolute atomic E-state index is 0. The Morgan fingerprint density at radius 1 is 1.45 bits per heavy atom. The molecular formula is C12H16Cl2F2N2O3S. The van der Waals surface area contributed by atoms with Crippen molar-refractivity contribution in [3.63, 3.8) is 0 Å². The van der Waals surface area contributed by atoms with Gasteiger partial charge in [-0.15, -0.1) is 12.4 Å². The Kier molecular flexibility index (Phi) is 6.82. The quantitative estimate of drug-likeness (QED) is 0.875. The van der Waals surface area contributed by atoms with Crippen molar-refractivity contribution in [2.24, 2.45) is 0 Å². The molecule has 1 aromatic carbocycles. The van der Waals surface area contributed by atoms with Crippen molar-refractivity contribution in [2.75, 3.05) is 19.6 Å². The molecule has 0 aliphatic carbocycles. The molecule has 1 aliphatic heterocycles. The molecule has 0 radical (unpaired) electrons.